The Balaban J connectivity index is 1.64. The summed E-state index contributed by atoms with van der Waals surface area (Å²) >= 11 is 0. The number of benzene rings is 2. The fourth-order valence-electron chi connectivity index (χ4n) is 2.39. The number of anilines is 1. The van der Waals surface area contributed by atoms with Gasteiger partial charge in [-0.2, -0.15) is 0 Å². The molecule has 1 saturated carbocycles. The fourth-order valence-corrected chi connectivity index (χ4v) is 3.70. The number of sulfonamides is 1. The molecule has 0 heterocycles. The van der Waals surface area contributed by atoms with Gasteiger partial charge in [-0.1, -0.05) is 12.1 Å². The highest BCUT2D eigenvalue weighted by Gasteiger charge is 2.27. The highest BCUT2D eigenvalue weighted by molar-refractivity contribution is 7.89. The van der Waals surface area contributed by atoms with Crippen molar-refractivity contribution in [3.05, 3.63) is 65.5 Å². The number of nitrogens with one attached hydrogen (secondary N) is 2. The molecule has 3 rings (SSSR count). The van der Waals surface area contributed by atoms with Crippen molar-refractivity contribution in [3.8, 4) is 0 Å². The topological polar surface area (TPSA) is 118 Å². The van der Waals surface area contributed by atoms with Gasteiger partial charge in [-0.3, -0.25) is 9.59 Å². The largest absolute Gasteiger partial charge is 0.366 e. The molecule has 1 fully saturated rings. The van der Waals surface area contributed by atoms with Gasteiger partial charge in [-0.25, -0.2) is 17.5 Å². The number of hydrogen-bond acceptors (Lipinski definition) is 4. The SMILES string of the molecule is NC(=O)c1cc(NC(=O)/C=C/c2ccc(S(=O)(=O)NC3CC3)cc2)ccc1F. The second-order valence-corrected chi connectivity index (χ2v) is 8.06. The van der Waals surface area contributed by atoms with Gasteiger partial charge in [-0.15, -0.1) is 0 Å². The van der Waals surface area contributed by atoms with Crippen molar-refractivity contribution in [2.24, 2.45) is 5.73 Å². The molecular formula is C19H18FN3O4S. The van der Waals surface area contributed by atoms with Gasteiger partial charge in [0.2, 0.25) is 15.9 Å². The molecule has 2 aromatic carbocycles. The van der Waals surface area contributed by atoms with Crippen molar-refractivity contribution in [3.63, 3.8) is 0 Å². The van der Waals surface area contributed by atoms with Crippen LogP contribution in [0.25, 0.3) is 6.08 Å². The molecule has 1 aliphatic carbocycles. The Morgan fingerprint density at radius 2 is 1.79 bits per heavy atom. The first-order valence-electron chi connectivity index (χ1n) is 8.45. The Bertz CT molecular complexity index is 1050. The summed E-state index contributed by atoms with van der Waals surface area (Å²) in [5.74, 6) is -2.21. The van der Waals surface area contributed by atoms with E-state index in [0.29, 0.717) is 5.56 Å². The van der Waals surface area contributed by atoms with Gasteiger partial charge >= 0.3 is 0 Å². The van der Waals surface area contributed by atoms with Crippen LogP contribution in [0.15, 0.2) is 53.4 Å². The number of rotatable bonds is 7. The van der Waals surface area contributed by atoms with Gasteiger partial charge in [-0.05, 0) is 54.8 Å². The Morgan fingerprint density at radius 1 is 1.11 bits per heavy atom. The van der Waals surface area contributed by atoms with Gasteiger partial charge in [0, 0.05) is 17.8 Å². The zero-order chi connectivity index (χ0) is 20.3. The van der Waals surface area contributed by atoms with Crippen molar-refractivity contribution in [2.75, 3.05) is 5.32 Å². The summed E-state index contributed by atoms with van der Waals surface area (Å²) in [5, 5.41) is 2.49. The average Bonchev–Trinajstić information content (AvgIpc) is 3.45. The quantitative estimate of drug-likeness (QED) is 0.613. The average molecular weight is 403 g/mol. The number of carbonyl (C=O) groups excluding carboxylic acids is 2. The molecule has 1 aliphatic rings. The number of halogens is 1. The first-order valence-corrected chi connectivity index (χ1v) is 9.94. The van der Waals surface area contributed by atoms with Crippen LogP contribution in [0.5, 0.6) is 0 Å². The first-order chi connectivity index (χ1) is 13.2. The van der Waals surface area contributed by atoms with Crippen LogP contribution in [-0.2, 0) is 14.8 Å². The molecule has 2 amide bonds. The normalized spacial score (nSPS) is 14.2. The Kier molecular flexibility index (Phi) is 5.57. The Hall–Kier alpha value is -3.04. The van der Waals surface area contributed by atoms with Crippen molar-refractivity contribution in [2.45, 2.75) is 23.8 Å². The van der Waals surface area contributed by atoms with E-state index < -0.39 is 27.7 Å². The summed E-state index contributed by atoms with van der Waals surface area (Å²) in [5.41, 5.74) is 5.59. The zero-order valence-corrected chi connectivity index (χ0v) is 15.5. The third kappa shape index (κ3) is 5.02. The van der Waals surface area contributed by atoms with Gasteiger partial charge in [0.05, 0.1) is 10.5 Å². The monoisotopic (exact) mass is 403 g/mol. The molecular weight excluding hydrogens is 385 g/mol. The highest BCUT2D eigenvalue weighted by atomic mass is 32.2. The number of carbonyl (C=O) groups is 2. The van der Waals surface area contributed by atoms with Gasteiger partial charge in [0.1, 0.15) is 5.82 Å². The molecule has 0 unspecified atom stereocenters. The maximum atomic E-state index is 13.4. The maximum absolute atomic E-state index is 13.4. The summed E-state index contributed by atoms with van der Waals surface area (Å²) in [4.78, 5) is 23.3. The molecule has 146 valence electrons. The molecule has 4 N–H and O–H groups in total. The summed E-state index contributed by atoms with van der Waals surface area (Å²) in [6, 6.07) is 9.59. The van der Waals surface area contributed by atoms with E-state index in [-0.39, 0.29) is 22.2 Å². The molecule has 0 spiro atoms. The number of hydrogen-bond donors (Lipinski definition) is 3. The van der Waals surface area contributed by atoms with Crippen molar-refractivity contribution >= 4 is 33.6 Å². The van der Waals surface area contributed by atoms with Crippen LogP contribution in [0.1, 0.15) is 28.8 Å². The Labute approximate surface area is 161 Å². The predicted molar refractivity (Wildman–Crippen MR) is 102 cm³/mol. The maximum Gasteiger partial charge on any atom is 0.251 e. The third-order valence-electron chi connectivity index (χ3n) is 4.02. The summed E-state index contributed by atoms with van der Waals surface area (Å²) in [6.07, 6.45) is 4.44. The molecule has 0 radical (unpaired) electrons. The standard InChI is InChI=1S/C19H18FN3O4S/c20-17-9-6-14(11-16(17)19(21)25)22-18(24)10-3-12-1-7-15(8-2-12)28(26,27)23-13-4-5-13/h1-3,6-11,13,23H,4-5H2,(H2,21,25)(H,22,24)/b10-3+. The second kappa shape index (κ2) is 7.91. The zero-order valence-electron chi connectivity index (χ0n) is 14.7. The molecule has 0 saturated heterocycles. The molecule has 0 atom stereocenters. The Morgan fingerprint density at radius 3 is 2.39 bits per heavy atom. The number of nitrogens with two attached hydrogens (primary N) is 1. The van der Waals surface area contributed by atoms with Crippen molar-refractivity contribution in [1.29, 1.82) is 0 Å². The molecule has 28 heavy (non-hydrogen) atoms. The van der Waals surface area contributed by atoms with Gasteiger partial charge in [0.25, 0.3) is 5.91 Å². The van der Waals surface area contributed by atoms with E-state index in [1.165, 1.54) is 30.4 Å². The van der Waals surface area contributed by atoms with E-state index in [1.807, 2.05) is 0 Å². The van der Waals surface area contributed by atoms with Gasteiger partial charge < -0.3 is 11.1 Å². The van der Waals surface area contributed by atoms with Crippen LogP contribution in [0, 0.1) is 5.82 Å². The van der Waals surface area contributed by atoms with E-state index in [1.54, 1.807) is 12.1 Å². The number of primary amides is 1. The lowest BCUT2D eigenvalue weighted by atomic mass is 10.1. The minimum atomic E-state index is -3.52. The van der Waals surface area contributed by atoms with Crippen LogP contribution in [0.2, 0.25) is 0 Å². The first kappa shape index (κ1) is 19.7. The molecule has 0 bridgehead atoms. The smallest absolute Gasteiger partial charge is 0.251 e. The summed E-state index contributed by atoms with van der Waals surface area (Å²) < 4.78 is 40.3. The molecule has 7 nitrogen and oxygen atoms in total. The highest BCUT2D eigenvalue weighted by Crippen LogP contribution is 2.22. The van der Waals surface area contributed by atoms with Crippen LogP contribution in [-0.4, -0.2) is 26.3 Å². The van der Waals surface area contributed by atoms with Crippen molar-refractivity contribution < 1.29 is 22.4 Å². The lowest BCUT2D eigenvalue weighted by molar-refractivity contribution is -0.111. The summed E-state index contributed by atoms with van der Waals surface area (Å²) in [7, 11) is -3.52. The molecule has 2 aromatic rings. The van der Waals surface area contributed by atoms with Crippen LogP contribution in [0.3, 0.4) is 0 Å². The van der Waals surface area contributed by atoms with E-state index >= 15 is 0 Å². The van der Waals surface area contributed by atoms with E-state index in [4.69, 9.17) is 5.73 Å². The third-order valence-corrected chi connectivity index (χ3v) is 5.55. The minimum absolute atomic E-state index is 0.0230. The summed E-state index contributed by atoms with van der Waals surface area (Å²) in [6.45, 7) is 0. The minimum Gasteiger partial charge on any atom is -0.366 e. The van der Waals surface area contributed by atoms with Crippen LogP contribution < -0.4 is 15.8 Å². The van der Waals surface area contributed by atoms with E-state index in [2.05, 4.69) is 10.0 Å². The second-order valence-electron chi connectivity index (χ2n) is 6.35. The van der Waals surface area contributed by atoms with Crippen LogP contribution in [0.4, 0.5) is 10.1 Å². The van der Waals surface area contributed by atoms with Gasteiger partial charge in [0.15, 0.2) is 0 Å². The predicted octanol–water partition coefficient (Wildman–Crippen LogP) is 2.02. The molecule has 0 aliphatic heterocycles. The number of amides is 2. The van der Waals surface area contributed by atoms with Crippen molar-refractivity contribution in [1.82, 2.24) is 4.72 Å². The molecule has 9 heteroatoms. The lowest BCUT2D eigenvalue weighted by Gasteiger charge is -2.06. The van der Waals surface area contributed by atoms with Crippen LogP contribution >= 0.6 is 0 Å². The fraction of sp³-hybridized carbons (Fsp3) is 0.158. The van der Waals surface area contributed by atoms with E-state index in [9.17, 15) is 22.4 Å². The lowest BCUT2D eigenvalue weighted by Crippen LogP contribution is -2.25. The van der Waals surface area contributed by atoms with E-state index in [0.717, 1.165) is 25.0 Å². The molecule has 0 aromatic heterocycles.